The van der Waals surface area contributed by atoms with Crippen LogP contribution in [0.1, 0.15) is 10.5 Å². The van der Waals surface area contributed by atoms with Crippen LogP contribution in [0.5, 0.6) is 0 Å². The van der Waals surface area contributed by atoms with Crippen LogP contribution in [-0.2, 0) is 0 Å². The average molecular weight is 267 g/mol. The number of aromatic carboxylic acids is 1. The molecule has 0 spiro atoms. The van der Waals surface area contributed by atoms with Gasteiger partial charge in [0, 0.05) is 6.20 Å². The molecule has 0 aliphatic rings. The van der Waals surface area contributed by atoms with Gasteiger partial charge in [-0.1, -0.05) is 29.4 Å². The molecule has 6 heteroatoms. The molecule has 0 saturated carbocycles. The minimum atomic E-state index is -1.14. The van der Waals surface area contributed by atoms with Crippen LogP contribution < -0.4 is 0 Å². The standard InChI is InChI=1S/C11H7ClN2O2S/c12-7-4-5-9(14-10(7)11(15)16)17-8-3-1-2-6-13-8/h1-6H,(H,15,16). The molecule has 4 nitrogen and oxygen atoms in total. The summed E-state index contributed by atoms with van der Waals surface area (Å²) in [5, 5.41) is 10.3. The minimum Gasteiger partial charge on any atom is -0.476 e. The van der Waals surface area contributed by atoms with Gasteiger partial charge in [-0.05, 0) is 24.3 Å². The molecular weight excluding hydrogens is 260 g/mol. The Bertz CT molecular complexity index is 548. The second-order valence-corrected chi connectivity index (χ2v) is 4.50. The smallest absolute Gasteiger partial charge is 0.356 e. The Morgan fingerprint density at radius 1 is 1.24 bits per heavy atom. The topological polar surface area (TPSA) is 63.1 Å². The van der Waals surface area contributed by atoms with Crippen molar-refractivity contribution in [1.82, 2.24) is 9.97 Å². The Morgan fingerprint density at radius 2 is 2.06 bits per heavy atom. The van der Waals surface area contributed by atoms with E-state index in [4.69, 9.17) is 16.7 Å². The summed E-state index contributed by atoms with van der Waals surface area (Å²) in [6.45, 7) is 0. The van der Waals surface area contributed by atoms with Gasteiger partial charge in [-0.25, -0.2) is 14.8 Å². The molecule has 1 N–H and O–H groups in total. The van der Waals surface area contributed by atoms with Crippen LogP contribution in [0.25, 0.3) is 0 Å². The van der Waals surface area contributed by atoms with Crippen LogP contribution in [0.3, 0.4) is 0 Å². The van der Waals surface area contributed by atoms with E-state index < -0.39 is 5.97 Å². The number of halogens is 1. The third-order valence-electron chi connectivity index (χ3n) is 1.87. The van der Waals surface area contributed by atoms with Crippen LogP contribution >= 0.6 is 23.4 Å². The molecule has 0 bridgehead atoms. The molecular formula is C11H7ClN2O2S. The molecule has 0 saturated heterocycles. The Balaban J connectivity index is 2.29. The Kier molecular flexibility index (Phi) is 3.61. The van der Waals surface area contributed by atoms with E-state index in [0.717, 1.165) is 5.03 Å². The maximum Gasteiger partial charge on any atom is 0.356 e. The highest BCUT2D eigenvalue weighted by Crippen LogP contribution is 2.26. The zero-order chi connectivity index (χ0) is 12.3. The van der Waals surface area contributed by atoms with Gasteiger partial charge in [0.2, 0.25) is 0 Å². The number of pyridine rings is 2. The van der Waals surface area contributed by atoms with Crippen LogP contribution in [0.4, 0.5) is 0 Å². The zero-order valence-corrected chi connectivity index (χ0v) is 10.1. The third kappa shape index (κ3) is 2.95. The average Bonchev–Trinajstić information content (AvgIpc) is 2.32. The second kappa shape index (κ2) is 5.16. The highest BCUT2D eigenvalue weighted by molar-refractivity contribution is 7.99. The summed E-state index contributed by atoms with van der Waals surface area (Å²) in [6.07, 6.45) is 1.66. The van der Waals surface area contributed by atoms with E-state index in [-0.39, 0.29) is 10.7 Å². The van der Waals surface area contributed by atoms with Crippen molar-refractivity contribution in [2.45, 2.75) is 10.1 Å². The number of nitrogens with zero attached hydrogens (tertiary/aromatic N) is 2. The summed E-state index contributed by atoms with van der Waals surface area (Å²) in [4.78, 5) is 18.9. The van der Waals surface area contributed by atoms with Gasteiger partial charge >= 0.3 is 5.97 Å². The van der Waals surface area contributed by atoms with Gasteiger partial charge < -0.3 is 5.11 Å². The Morgan fingerprint density at radius 3 is 2.71 bits per heavy atom. The van der Waals surface area contributed by atoms with Crippen molar-refractivity contribution in [2.75, 3.05) is 0 Å². The molecule has 0 aromatic carbocycles. The molecule has 0 unspecified atom stereocenters. The fourth-order valence-corrected chi connectivity index (χ4v) is 2.08. The molecule has 2 rings (SSSR count). The monoisotopic (exact) mass is 266 g/mol. The summed E-state index contributed by atoms with van der Waals surface area (Å²) in [5.74, 6) is -1.14. The summed E-state index contributed by atoms with van der Waals surface area (Å²) < 4.78 is 0. The van der Waals surface area contributed by atoms with Gasteiger partial charge in [0.15, 0.2) is 5.69 Å². The van der Waals surface area contributed by atoms with Crippen LogP contribution in [0.2, 0.25) is 5.02 Å². The number of carbonyl (C=O) groups is 1. The van der Waals surface area contributed by atoms with Gasteiger partial charge in [-0.3, -0.25) is 0 Å². The van der Waals surface area contributed by atoms with Crippen LogP contribution in [-0.4, -0.2) is 21.0 Å². The maximum absolute atomic E-state index is 10.9. The van der Waals surface area contributed by atoms with E-state index in [0.29, 0.717) is 5.03 Å². The predicted molar refractivity (Wildman–Crippen MR) is 64.6 cm³/mol. The Hall–Kier alpha value is -1.59. The van der Waals surface area contributed by atoms with E-state index in [1.165, 1.54) is 17.8 Å². The largest absolute Gasteiger partial charge is 0.476 e. The molecule has 0 radical (unpaired) electrons. The first-order valence-electron chi connectivity index (χ1n) is 4.65. The first kappa shape index (κ1) is 11.9. The quantitative estimate of drug-likeness (QED) is 0.925. The van der Waals surface area contributed by atoms with E-state index in [9.17, 15) is 4.79 Å². The highest BCUT2D eigenvalue weighted by atomic mass is 35.5. The van der Waals surface area contributed by atoms with Gasteiger partial charge in [0.25, 0.3) is 0 Å². The lowest BCUT2D eigenvalue weighted by atomic mass is 10.3. The molecule has 0 aliphatic heterocycles. The summed E-state index contributed by atoms with van der Waals surface area (Å²) >= 11 is 7.01. The molecule has 2 aromatic heterocycles. The van der Waals surface area contributed by atoms with Crippen molar-refractivity contribution in [3.05, 3.63) is 47.2 Å². The summed E-state index contributed by atoms with van der Waals surface area (Å²) in [5.41, 5.74) is -0.146. The maximum atomic E-state index is 10.9. The lowest BCUT2D eigenvalue weighted by molar-refractivity contribution is 0.0690. The fraction of sp³-hybridized carbons (Fsp3) is 0. The zero-order valence-electron chi connectivity index (χ0n) is 8.50. The summed E-state index contributed by atoms with van der Waals surface area (Å²) in [7, 11) is 0. The third-order valence-corrected chi connectivity index (χ3v) is 3.06. The number of hydrogen-bond acceptors (Lipinski definition) is 4. The molecule has 0 amide bonds. The lowest BCUT2D eigenvalue weighted by Gasteiger charge is -2.02. The highest BCUT2D eigenvalue weighted by Gasteiger charge is 2.12. The van der Waals surface area contributed by atoms with Crippen molar-refractivity contribution in [1.29, 1.82) is 0 Å². The molecule has 0 aliphatic carbocycles. The van der Waals surface area contributed by atoms with Gasteiger partial charge in [-0.15, -0.1) is 0 Å². The van der Waals surface area contributed by atoms with E-state index >= 15 is 0 Å². The van der Waals surface area contributed by atoms with Gasteiger partial charge in [0.05, 0.1) is 5.02 Å². The Labute approximate surface area is 107 Å². The summed E-state index contributed by atoms with van der Waals surface area (Å²) in [6, 6.07) is 8.66. The van der Waals surface area contributed by atoms with E-state index in [2.05, 4.69) is 9.97 Å². The normalized spacial score (nSPS) is 10.2. The fourth-order valence-electron chi connectivity index (χ4n) is 1.15. The molecule has 2 aromatic rings. The minimum absolute atomic E-state index is 0.128. The van der Waals surface area contributed by atoms with Crippen LogP contribution in [0, 0.1) is 0 Å². The number of hydrogen-bond donors (Lipinski definition) is 1. The van der Waals surface area contributed by atoms with Crippen molar-refractivity contribution in [2.24, 2.45) is 0 Å². The van der Waals surface area contributed by atoms with E-state index in [1.54, 1.807) is 12.3 Å². The van der Waals surface area contributed by atoms with Crippen molar-refractivity contribution >= 4 is 29.3 Å². The van der Waals surface area contributed by atoms with Crippen LogP contribution in [0.15, 0.2) is 46.6 Å². The van der Waals surface area contributed by atoms with Crippen molar-refractivity contribution in [3.8, 4) is 0 Å². The lowest BCUT2D eigenvalue weighted by Crippen LogP contribution is -2.01. The number of rotatable bonds is 3. The van der Waals surface area contributed by atoms with Gasteiger partial charge in [0.1, 0.15) is 10.1 Å². The molecule has 0 fully saturated rings. The molecule has 17 heavy (non-hydrogen) atoms. The molecule has 86 valence electrons. The first-order valence-corrected chi connectivity index (χ1v) is 5.85. The number of carboxylic acids is 1. The number of carboxylic acid groups (broad SMARTS) is 1. The van der Waals surface area contributed by atoms with E-state index in [1.807, 2.05) is 18.2 Å². The second-order valence-electron chi connectivity index (χ2n) is 3.06. The number of aromatic nitrogens is 2. The van der Waals surface area contributed by atoms with Crippen molar-refractivity contribution in [3.63, 3.8) is 0 Å². The first-order chi connectivity index (χ1) is 8.16. The van der Waals surface area contributed by atoms with Crippen molar-refractivity contribution < 1.29 is 9.90 Å². The van der Waals surface area contributed by atoms with Gasteiger partial charge in [-0.2, -0.15) is 0 Å². The molecule has 0 atom stereocenters. The molecule has 2 heterocycles. The predicted octanol–water partition coefficient (Wildman–Crippen LogP) is 2.98. The SMILES string of the molecule is O=C(O)c1nc(Sc2ccccn2)ccc1Cl.